The molecule has 1 aromatic heterocycles. The predicted octanol–water partition coefficient (Wildman–Crippen LogP) is 2.61. The number of aliphatic carboxylic acids is 1. The summed E-state index contributed by atoms with van der Waals surface area (Å²) >= 11 is 0. The van der Waals surface area contributed by atoms with E-state index in [1.165, 1.54) is 18.3 Å². The first-order valence-electron chi connectivity index (χ1n) is 7.68. The molecule has 3 rings (SSSR count). The largest absolute Gasteiger partial charge is 0.481 e. The van der Waals surface area contributed by atoms with Crippen LogP contribution in [0, 0.1) is 10.1 Å². The van der Waals surface area contributed by atoms with E-state index in [2.05, 4.69) is 4.98 Å². The zero-order valence-electron chi connectivity index (χ0n) is 13.0. The van der Waals surface area contributed by atoms with E-state index in [4.69, 9.17) is 0 Å². The van der Waals surface area contributed by atoms with Gasteiger partial charge >= 0.3 is 11.7 Å². The molecule has 1 aliphatic heterocycles. The highest BCUT2D eigenvalue weighted by Crippen LogP contribution is 2.38. The van der Waals surface area contributed by atoms with Crippen molar-refractivity contribution in [1.82, 2.24) is 4.98 Å². The van der Waals surface area contributed by atoms with E-state index in [1.54, 1.807) is 4.90 Å². The number of aromatic nitrogens is 1. The molecule has 0 unspecified atom stereocenters. The van der Waals surface area contributed by atoms with Crippen LogP contribution in [0.3, 0.4) is 0 Å². The molecule has 7 nitrogen and oxygen atoms in total. The van der Waals surface area contributed by atoms with Gasteiger partial charge in [-0.3, -0.25) is 14.9 Å². The molecule has 0 atom stereocenters. The number of rotatable bonds is 4. The van der Waals surface area contributed by atoms with Crippen LogP contribution in [0.25, 0.3) is 0 Å². The van der Waals surface area contributed by atoms with Crippen molar-refractivity contribution in [2.24, 2.45) is 0 Å². The third-order valence-corrected chi connectivity index (χ3v) is 4.62. The van der Waals surface area contributed by atoms with E-state index in [0.29, 0.717) is 31.7 Å². The van der Waals surface area contributed by atoms with Gasteiger partial charge in [0.25, 0.3) is 0 Å². The molecular weight excluding hydrogens is 310 g/mol. The van der Waals surface area contributed by atoms with Gasteiger partial charge in [0.05, 0.1) is 10.3 Å². The highest BCUT2D eigenvalue weighted by Gasteiger charge is 2.43. The summed E-state index contributed by atoms with van der Waals surface area (Å²) in [6.45, 7) is 0.804. The molecule has 0 bridgehead atoms. The van der Waals surface area contributed by atoms with Crippen LogP contribution in [-0.2, 0) is 10.2 Å². The number of carboxylic acid groups (broad SMARTS) is 1. The van der Waals surface area contributed by atoms with Crippen LogP contribution in [0.15, 0.2) is 48.7 Å². The van der Waals surface area contributed by atoms with Crippen LogP contribution in [0.1, 0.15) is 18.4 Å². The number of piperidine rings is 1. The van der Waals surface area contributed by atoms with E-state index in [1.807, 2.05) is 30.3 Å². The third kappa shape index (κ3) is 2.68. The lowest BCUT2D eigenvalue weighted by molar-refractivity contribution is -0.384. The molecule has 0 saturated carbocycles. The molecule has 1 N–H and O–H groups in total. The second-order valence-electron chi connectivity index (χ2n) is 5.84. The maximum Gasteiger partial charge on any atom is 0.314 e. The molecule has 0 amide bonds. The van der Waals surface area contributed by atoms with Crippen LogP contribution < -0.4 is 4.90 Å². The van der Waals surface area contributed by atoms with Crippen LogP contribution in [0.4, 0.5) is 11.5 Å². The lowest BCUT2D eigenvalue weighted by Crippen LogP contribution is -2.47. The molecule has 0 spiro atoms. The summed E-state index contributed by atoms with van der Waals surface area (Å²) in [7, 11) is 0. The molecule has 0 aliphatic carbocycles. The van der Waals surface area contributed by atoms with Crippen molar-refractivity contribution in [2.75, 3.05) is 18.0 Å². The maximum atomic E-state index is 12.0. The first kappa shape index (κ1) is 15.9. The number of anilines is 1. The van der Waals surface area contributed by atoms with Crippen molar-refractivity contribution in [1.29, 1.82) is 0 Å². The smallest absolute Gasteiger partial charge is 0.314 e. The monoisotopic (exact) mass is 327 g/mol. The lowest BCUT2D eigenvalue weighted by atomic mass is 9.73. The lowest BCUT2D eigenvalue weighted by Gasteiger charge is -2.39. The molecule has 7 heteroatoms. The number of pyridine rings is 1. The summed E-state index contributed by atoms with van der Waals surface area (Å²) < 4.78 is 0. The first-order chi connectivity index (χ1) is 11.5. The van der Waals surface area contributed by atoms with Gasteiger partial charge in [0.15, 0.2) is 0 Å². The standard InChI is InChI=1S/C17H17N3O4/c21-16(22)17(13-5-2-1-3-6-13)8-11-19(12-9-17)15-14(20(23)24)7-4-10-18-15/h1-7,10H,8-9,11-12H2,(H,21,22). The Kier molecular flexibility index (Phi) is 4.16. The highest BCUT2D eigenvalue weighted by atomic mass is 16.6. The number of nitro groups is 1. The number of carboxylic acids is 1. The first-order valence-corrected chi connectivity index (χ1v) is 7.68. The summed E-state index contributed by atoms with van der Waals surface area (Å²) in [4.78, 5) is 28.6. The zero-order chi connectivity index (χ0) is 17.2. The Balaban J connectivity index is 1.87. The molecule has 1 aliphatic rings. The summed E-state index contributed by atoms with van der Waals surface area (Å²) in [5, 5.41) is 21.0. The van der Waals surface area contributed by atoms with Gasteiger partial charge in [-0.15, -0.1) is 0 Å². The zero-order valence-corrected chi connectivity index (χ0v) is 13.0. The van der Waals surface area contributed by atoms with Gasteiger partial charge in [-0.1, -0.05) is 30.3 Å². The Bertz CT molecular complexity index is 755. The molecule has 2 aromatic rings. The average molecular weight is 327 g/mol. The van der Waals surface area contributed by atoms with Gasteiger partial charge in [-0.05, 0) is 24.5 Å². The van der Waals surface area contributed by atoms with Gasteiger partial charge in [-0.25, -0.2) is 4.98 Å². The van der Waals surface area contributed by atoms with Crippen molar-refractivity contribution in [2.45, 2.75) is 18.3 Å². The topological polar surface area (TPSA) is 96.6 Å². The molecular formula is C17H17N3O4. The molecule has 0 radical (unpaired) electrons. The van der Waals surface area contributed by atoms with Gasteiger partial charge in [0, 0.05) is 25.4 Å². The highest BCUT2D eigenvalue weighted by molar-refractivity contribution is 5.82. The summed E-state index contributed by atoms with van der Waals surface area (Å²) in [5.74, 6) is -0.557. The van der Waals surface area contributed by atoms with Crippen molar-refractivity contribution in [3.63, 3.8) is 0 Å². The van der Waals surface area contributed by atoms with E-state index in [9.17, 15) is 20.0 Å². The van der Waals surface area contributed by atoms with E-state index in [0.717, 1.165) is 5.56 Å². The summed E-state index contributed by atoms with van der Waals surface area (Å²) in [6, 6.07) is 12.1. The number of hydrogen-bond donors (Lipinski definition) is 1. The van der Waals surface area contributed by atoms with E-state index in [-0.39, 0.29) is 5.69 Å². The van der Waals surface area contributed by atoms with Crippen LogP contribution in [0.5, 0.6) is 0 Å². The Morgan fingerprint density at radius 1 is 1.17 bits per heavy atom. The van der Waals surface area contributed by atoms with Gasteiger partial charge < -0.3 is 10.0 Å². The fourth-order valence-corrected chi connectivity index (χ4v) is 3.26. The quantitative estimate of drug-likeness (QED) is 0.685. The molecule has 1 aromatic carbocycles. The predicted molar refractivity (Wildman–Crippen MR) is 88.1 cm³/mol. The van der Waals surface area contributed by atoms with E-state index < -0.39 is 16.3 Å². The third-order valence-electron chi connectivity index (χ3n) is 4.62. The minimum absolute atomic E-state index is 0.0555. The minimum Gasteiger partial charge on any atom is -0.481 e. The number of nitrogens with zero attached hydrogens (tertiary/aromatic N) is 3. The summed E-state index contributed by atoms with van der Waals surface area (Å²) in [5.41, 5.74) is -0.242. The van der Waals surface area contributed by atoms with Gasteiger partial charge in [0.1, 0.15) is 0 Å². The number of benzene rings is 1. The second kappa shape index (κ2) is 6.27. The Hall–Kier alpha value is -2.96. The molecule has 2 heterocycles. The van der Waals surface area contributed by atoms with Crippen LogP contribution >= 0.6 is 0 Å². The molecule has 24 heavy (non-hydrogen) atoms. The fourth-order valence-electron chi connectivity index (χ4n) is 3.26. The molecule has 1 saturated heterocycles. The Morgan fingerprint density at radius 2 is 1.83 bits per heavy atom. The average Bonchev–Trinajstić information content (AvgIpc) is 2.62. The Morgan fingerprint density at radius 3 is 2.42 bits per heavy atom. The van der Waals surface area contributed by atoms with Crippen molar-refractivity contribution >= 4 is 17.5 Å². The van der Waals surface area contributed by atoms with Gasteiger partial charge in [0.2, 0.25) is 5.82 Å². The summed E-state index contributed by atoms with van der Waals surface area (Å²) in [6.07, 6.45) is 2.26. The molecule has 1 fully saturated rings. The number of carbonyl (C=O) groups is 1. The van der Waals surface area contributed by atoms with Crippen molar-refractivity contribution in [3.8, 4) is 0 Å². The van der Waals surface area contributed by atoms with Crippen LogP contribution in [-0.4, -0.2) is 34.1 Å². The Labute approximate surface area is 138 Å². The van der Waals surface area contributed by atoms with Gasteiger partial charge in [-0.2, -0.15) is 0 Å². The second-order valence-corrected chi connectivity index (χ2v) is 5.84. The minimum atomic E-state index is -0.957. The normalized spacial score (nSPS) is 16.6. The van der Waals surface area contributed by atoms with Crippen LogP contribution in [0.2, 0.25) is 0 Å². The van der Waals surface area contributed by atoms with Crippen molar-refractivity contribution < 1.29 is 14.8 Å². The molecule has 124 valence electrons. The fraction of sp³-hybridized carbons (Fsp3) is 0.294. The number of hydrogen-bond acceptors (Lipinski definition) is 5. The van der Waals surface area contributed by atoms with E-state index >= 15 is 0 Å². The SMILES string of the molecule is O=C(O)C1(c2ccccc2)CCN(c2ncccc2[N+](=O)[O-])CC1. The van der Waals surface area contributed by atoms with Crippen molar-refractivity contribution in [3.05, 3.63) is 64.3 Å². The maximum absolute atomic E-state index is 12.0.